The minimum absolute atomic E-state index is 0.0206. The Labute approximate surface area is 128 Å². The minimum atomic E-state index is -3.33. The first kappa shape index (κ1) is 15.7. The molecule has 0 aromatic carbocycles. The van der Waals surface area contributed by atoms with Crippen molar-refractivity contribution in [1.82, 2.24) is 8.61 Å². The van der Waals surface area contributed by atoms with E-state index in [1.165, 1.54) is 0 Å². The van der Waals surface area contributed by atoms with Gasteiger partial charge in [-0.3, -0.25) is 0 Å². The maximum Gasteiger partial charge on any atom is 0.282 e. The molecule has 0 radical (unpaired) electrons. The molecule has 3 atom stereocenters. The molecule has 1 aliphatic carbocycles. The van der Waals surface area contributed by atoms with Crippen LogP contribution < -0.4 is 0 Å². The highest BCUT2D eigenvalue weighted by Crippen LogP contribution is 2.36. The van der Waals surface area contributed by atoms with Gasteiger partial charge in [0.1, 0.15) is 0 Å². The first-order chi connectivity index (χ1) is 10.1. The van der Waals surface area contributed by atoms with E-state index in [4.69, 9.17) is 0 Å². The highest BCUT2D eigenvalue weighted by atomic mass is 32.2. The zero-order valence-corrected chi connectivity index (χ0v) is 13.6. The van der Waals surface area contributed by atoms with Crippen LogP contribution >= 0.6 is 0 Å². The number of aliphatic hydroxyl groups excluding tert-OH is 1. The van der Waals surface area contributed by atoms with Gasteiger partial charge in [-0.2, -0.15) is 17.0 Å². The maximum atomic E-state index is 12.9. The summed E-state index contributed by atoms with van der Waals surface area (Å²) in [6.07, 6.45) is 8.61. The normalized spacial score (nSPS) is 36.9. The maximum absolute atomic E-state index is 12.9. The number of hydrogen-bond donors (Lipinski definition) is 1. The topological polar surface area (TPSA) is 60.9 Å². The van der Waals surface area contributed by atoms with Crippen LogP contribution in [0, 0.1) is 5.92 Å². The largest absolute Gasteiger partial charge is 0.393 e. The Bertz CT molecular complexity index is 448. The molecule has 3 fully saturated rings. The standard InChI is InChI=1S/C15H28N2O3S/c18-15-9-3-2-7-13(15)14-8-6-12-17(14)21(19,20)16-10-4-1-5-11-16/h13-15,18H,1-12H2. The van der Waals surface area contributed by atoms with Gasteiger partial charge < -0.3 is 5.11 Å². The molecule has 3 aliphatic rings. The van der Waals surface area contributed by atoms with Crippen LogP contribution in [0.15, 0.2) is 0 Å². The van der Waals surface area contributed by atoms with Crippen LogP contribution in [0.1, 0.15) is 57.8 Å². The molecule has 1 N–H and O–H groups in total. The van der Waals surface area contributed by atoms with Crippen molar-refractivity contribution in [3.8, 4) is 0 Å². The molecule has 2 saturated heterocycles. The molecule has 2 heterocycles. The summed E-state index contributed by atoms with van der Waals surface area (Å²) in [6, 6.07) is 0.0206. The van der Waals surface area contributed by atoms with Crippen LogP contribution in [-0.4, -0.2) is 53.9 Å². The van der Waals surface area contributed by atoms with Gasteiger partial charge in [0.25, 0.3) is 10.2 Å². The molecule has 3 rings (SSSR count). The van der Waals surface area contributed by atoms with Crippen molar-refractivity contribution in [1.29, 1.82) is 0 Å². The molecule has 2 aliphatic heterocycles. The molecule has 5 nitrogen and oxygen atoms in total. The molecule has 21 heavy (non-hydrogen) atoms. The van der Waals surface area contributed by atoms with Crippen molar-refractivity contribution >= 4 is 10.2 Å². The average Bonchev–Trinajstić information content (AvgIpc) is 2.99. The summed E-state index contributed by atoms with van der Waals surface area (Å²) >= 11 is 0. The molecule has 0 bridgehead atoms. The molecule has 0 amide bonds. The summed E-state index contributed by atoms with van der Waals surface area (Å²) in [7, 11) is -3.33. The Morgan fingerprint density at radius 1 is 0.810 bits per heavy atom. The lowest BCUT2D eigenvalue weighted by atomic mass is 9.81. The Hall–Kier alpha value is -0.170. The lowest BCUT2D eigenvalue weighted by Crippen LogP contribution is -2.51. The number of hydrogen-bond acceptors (Lipinski definition) is 3. The number of rotatable bonds is 3. The number of aliphatic hydroxyl groups is 1. The highest BCUT2D eigenvalue weighted by molar-refractivity contribution is 7.86. The fourth-order valence-corrected chi connectivity index (χ4v) is 6.29. The van der Waals surface area contributed by atoms with E-state index < -0.39 is 10.2 Å². The van der Waals surface area contributed by atoms with Crippen molar-refractivity contribution in [3.63, 3.8) is 0 Å². The van der Waals surface area contributed by atoms with Crippen LogP contribution in [0.2, 0.25) is 0 Å². The predicted octanol–water partition coefficient (Wildman–Crippen LogP) is 1.73. The third-order valence-corrected chi connectivity index (χ3v) is 7.53. The number of piperidine rings is 1. The molecule has 6 heteroatoms. The summed E-state index contributed by atoms with van der Waals surface area (Å²) in [5, 5.41) is 10.3. The Kier molecular flexibility index (Phi) is 4.88. The van der Waals surface area contributed by atoms with E-state index in [0.717, 1.165) is 57.8 Å². The molecule has 0 spiro atoms. The average molecular weight is 316 g/mol. The molecule has 122 valence electrons. The first-order valence-corrected chi connectivity index (χ1v) is 9.95. The summed E-state index contributed by atoms with van der Waals surface area (Å²) in [5.74, 6) is 0.140. The van der Waals surface area contributed by atoms with E-state index >= 15 is 0 Å². The van der Waals surface area contributed by atoms with Crippen LogP contribution in [0.25, 0.3) is 0 Å². The monoisotopic (exact) mass is 316 g/mol. The van der Waals surface area contributed by atoms with Crippen LogP contribution in [0.4, 0.5) is 0 Å². The van der Waals surface area contributed by atoms with Crippen molar-refractivity contribution in [3.05, 3.63) is 0 Å². The van der Waals surface area contributed by atoms with Gasteiger partial charge in [-0.1, -0.05) is 19.3 Å². The van der Waals surface area contributed by atoms with Crippen LogP contribution in [0.5, 0.6) is 0 Å². The summed E-state index contributed by atoms with van der Waals surface area (Å²) in [5.41, 5.74) is 0. The second-order valence-corrected chi connectivity index (χ2v) is 8.68. The van der Waals surface area contributed by atoms with Gasteiger partial charge in [-0.25, -0.2) is 0 Å². The van der Waals surface area contributed by atoms with Crippen LogP contribution in [-0.2, 0) is 10.2 Å². The van der Waals surface area contributed by atoms with Gasteiger partial charge >= 0.3 is 0 Å². The lowest BCUT2D eigenvalue weighted by Gasteiger charge is -2.39. The third kappa shape index (κ3) is 3.14. The van der Waals surface area contributed by atoms with E-state index in [1.807, 2.05) is 0 Å². The quantitative estimate of drug-likeness (QED) is 0.862. The van der Waals surface area contributed by atoms with E-state index in [1.54, 1.807) is 8.61 Å². The molecular weight excluding hydrogens is 288 g/mol. The smallest absolute Gasteiger partial charge is 0.282 e. The molecule has 3 unspecified atom stereocenters. The summed E-state index contributed by atoms with van der Waals surface area (Å²) in [6.45, 7) is 1.96. The second-order valence-electron chi connectivity index (χ2n) is 6.80. The van der Waals surface area contributed by atoms with Gasteiger partial charge in [0.05, 0.1) is 6.10 Å². The van der Waals surface area contributed by atoms with Crippen molar-refractivity contribution in [2.45, 2.75) is 69.9 Å². The first-order valence-electron chi connectivity index (χ1n) is 8.55. The fraction of sp³-hybridized carbons (Fsp3) is 1.00. The highest BCUT2D eigenvalue weighted by Gasteiger charge is 2.44. The SMILES string of the molecule is O=S(=O)(N1CCCCC1)N1CCCC1C1CCCCC1O. The van der Waals surface area contributed by atoms with Gasteiger partial charge in [0.15, 0.2) is 0 Å². The Morgan fingerprint density at radius 2 is 1.52 bits per heavy atom. The van der Waals surface area contributed by atoms with E-state index in [2.05, 4.69) is 0 Å². The minimum Gasteiger partial charge on any atom is -0.393 e. The van der Waals surface area contributed by atoms with Crippen LogP contribution in [0.3, 0.4) is 0 Å². The van der Waals surface area contributed by atoms with E-state index in [9.17, 15) is 13.5 Å². The molecule has 1 saturated carbocycles. The zero-order chi connectivity index (χ0) is 14.9. The van der Waals surface area contributed by atoms with Gasteiger partial charge in [-0.05, 0) is 38.5 Å². The van der Waals surface area contributed by atoms with E-state index in [0.29, 0.717) is 19.6 Å². The predicted molar refractivity (Wildman–Crippen MR) is 82.0 cm³/mol. The molecule has 0 aromatic heterocycles. The van der Waals surface area contributed by atoms with Gasteiger partial charge in [-0.15, -0.1) is 0 Å². The molecule has 0 aromatic rings. The lowest BCUT2D eigenvalue weighted by molar-refractivity contribution is 0.0375. The van der Waals surface area contributed by atoms with Crippen molar-refractivity contribution < 1.29 is 13.5 Å². The van der Waals surface area contributed by atoms with Gasteiger partial charge in [0, 0.05) is 31.6 Å². The fourth-order valence-electron chi connectivity index (χ4n) is 4.31. The van der Waals surface area contributed by atoms with E-state index in [-0.39, 0.29) is 18.1 Å². The third-order valence-electron chi connectivity index (χ3n) is 5.46. The van der Waals surface area contributed by atoms with Crippen molar-refractivity contribution in [2.24, 2.45) is 5.92 Å². The van der Waals surface area contributed by atoms with Gasteiger partial charge in [0.2, 0.25) is 0 Å². The Morgan fingerprint density at radius 3 is 2.24 bits per heavy atom. The summed E-state index contributed by atoms with van der Waals surface area (Å²) < 4.78 is 29.2. The summed E-state index contributed by atoms with van der Waals surface area (Å²) in [4.78, 5) is 0. The zero-order valence-electron chi connectivity index (χ0n) is 12.8. The number of nitrogens with zero attached hydrogens (tertiary/aromatic N) is 2. The Balaban J connectivity index is 1.76. The molecular formula is C15H28N2O3S. The van der Waals surface area contributed by atoms with Crippen molar-refractivity contribution in [2.75, 3.05) is 19.6 Å². The second kappa shape index (κ2) is 6.52.